The van der Waals surface area contributed by atoms with Crippen molar-refractivity contribution in [1.82, 2.24) is 5.32 Å². The Hall–Kier alpha value is -0.770. The Morgan fingerprint density at radius 3 is 2.32 bits per heavy atom. The van der Waals surface area contributed by atoms with Gasteiger partial charge in [-0.05, 0) is 24.2 Å². The third kappa shape index (κ3) is 6.81. The lowest BCUT2D eigenvalue weighted by molar-refractivity contribution is 0.0688. The van der Waals surface area contributed by atoms with Crippen LogP contribution in [0.1, 0.15) is 65.7 Å². The number of aliphatic hydroxyl groups is 1. The fourth-order valence-corrected chi connectivity index (χ4v) is 3.02. The highest BCUT2D eigenvalue weighted by molar-refractivity contribution is 5.64. The van der Waals surface area contributed by atoms with E-state index in [1.54, 1.807) is 0 Å². The van der Waals surface area contributed by atoms with E-state index in [2.05, 4.69) is 26.1 Å². The van der Waals surface area contributed by atoms with Crippen molar-refractivity contribution in [2.75, 3.05) is 0 Å². The molecular formula is C15H29NO3. The summed E-state index contributed by atoms with van der Waals surface area (Å²) in [5, 5.41) is 21.8. The van der Waals surface area contributed by atoms with Gasteiger partial charge in [-0.3, -0.25) is 0 Å². The van der Waals surface area contributed by atoms with Gasteiger partial charge in [-0.15, -0.1) is 0 Å². The lowest BCUT2D eigenvalue weighted by Crippen LogP contribution is -2.45. The highest BCUT2D eigenvalue weighted by Crippen LogP contribution is 2.30. The molecule has 0 saturated heterocycles. The Morgan fingerprint density at radius 1 is 1.26 bits per heavy atom. The first-order valence-corrected chi connectivity index (χ1v) is 7.45. The number of carbonyl (C=O) groups is 1. The van der Waals surface area contributed by atoms with Crippen molar-refractivity contribution in [3.05, 3.63) is 0 Å². The summed E-state index contributed by atoms with van der Waals surface area (Å²) >= 11 is 0. The van der Waals surface area contributed by atoms with E-state index in [9.17, 15) is 9.90 Å². The zero-order chi connectivity index (χ0) is 14.5. The third-order valence-corrected chi connectivity index (χ3v) is 3.91. The molecule has 0 unspecified atom stereocenters. The normalized spacial score (nSPS) is 20.8. The Labute approximate surface area is 116 Å². The molecule has 4 heteroatoms. The molecule has 0 aliphatic heterocycles. The van der Waals surface area contributed by atoms with Gasteiger partial charge in [0.15, 0.2) is 0 Å². The van der Waals surface area contributed by atoms with Crippen LogP contribution in [-0.4, -0.2) is 28.5 Å². The number of aliphatic hydroxyl groups excluding tert-OH is 1. The monoisotopic (exact) mass is 271 g/mol. The van der Waals surface area contributed by atoms with Gasteiger partial charge in [0.2, 0.25) is 0 Å². The molecule has 19 heavy (non-hydrogen) atoms. The van der Waals surface area contributed by atoms with Gasteiger partial charge in [0, 0.05) is 0 Å². The van der Waals surface area contributed by atoms with Gasteiger partial charge >= 0.3 is 6.09 Å². The van der Waals surface area contributed by atoms with Crippen LogP contribution in [0.15, 0.2) is 0 Å². The molecule has 0 aromatic rings. The maximum Gasteiger partial charge on any atom is 0.404 e. The van der Waals surface area contributed by atoms with Crippen LogP contribution in [0.4, 0.5) is 4.79 Å². The third-order valence-electron chi connectivity index (χ3n) is 3.91. The standard InChI is InChI=1S/C15H29NO3/c1-15(2,3)10-13(17)12(16-14(18)19)9-11-7-5-4-6-8-11/h11-13,16-17H,4-10H2,1-3H3,(H,18,19)/t12-,13-/m0/s1. The molecule has 0 bridgehead atoms. The molecule has 1 rings (SSSR count). The van der Waals surface area contributed by atoms with E-state index in [4.69, 9.17) is 5.11 Å². The SMILES string of the molecule is CC(C)(C)C[C@H](O)[C@H](CC1CCCCC1)NC(=O)O. The van der Waals surface area contributed by atoms with Crippen molar-refractivity contribution in [3.8, 4) is 0 Å². The van der Waals surface area contributed by atoms with Crippen LogP contribution >= 0.6 is 0 Å². The molecule has 1 saturated carbocycles. The Bertz CT molecular complexity index is 280. The molecule has 0 heterocycles. The summed E-state index contributed by atoms with van der Waals surface area (Å²) in [5.74, 6) is 0.556. The van der Waals surface area contributed by atoms with Gasteiger partial charge in [0.05, 0.1) is 12.1 Å². The minimum atomic E-state index is -1.03. The fourth-order valence-electron chi connectivity index (χ4n) is 3.02. The van der Waals surface area contributed by atoms with E-state index < -0.39 is 12.2 Å². The van der Waals surface area contributed by atoms with Gasteiger partial charge in [0.1, 0.15) is 0 Å². The fraction of sp³-hybridized carbons (Fsp3) is 0.933. The largest absolute Gasteiger partial charge is 0.465 e. The van der Waals surface area contributed by atoms with E-state index in [-0.39, 0.29) is 11.5 Å². The van der Waals surface area contributed by atoms with Gasteiger partial charge in [-0.1, -0.05) is 52.9 Å². The number of rotatable bonds is 5. The van der Waals surface area contributed by atoms with Crippen molar-refractivity contribution in [1.29, 1.82) is 0 Å². The lowest BCUT2D eigenvalue weighted by atomic mass is 9.80. The van der Waals surface area contributed by atoms with E-state index in [1.165, 1.54) is 32.1 Å². The Balaban J connectivity index is 2.56. The number of hydrogen-bond acceptors (Lipinski definition) is 2. The molecule has 1 aliphatic carbocycles. The second-order valence-corrected chi connectivity index (χ2v) is 7.13. The summed E-state index contributed by atoms with van der Waals surface area (Å²) in [7, 11) is 0. The maximum absolute atomic E-state index is 10.9. The van der Waals surface area contributed by atoms with Crippen molar-refractivity contribution >= 4 is 6.09 Å². The predicted octanol–water partition coefficient (Wildman–Crippen LogP) is 3.39. The van der Waals surface area contributed by atoms with Crippen LogP contribution in [0.25, 0.3) is 0 Å². The maximum atomic E-state index is 10.9. The van der Waals surface area contributed by atoms with E-state index in [0.717, 1.165) is 6.42 Å². The van der Waals surface area contributed by atoms with Crippen LogP contribution in [0.5, 0.6) is 0 Å². The Morgan fingerprint density at radius 2 is 1.84 bits per heavy atom. The molecule has 0 radical (unpaired) electrons. The average molecular weight is 271 g/mol. The molecule has 1 amide bonds. The molecule has 1 fully saturated rings. The summed E-state index contributed by atoms with van der Waals surface area (Å²) in [4.78, 5) is 10.9. The first-order chi connectivity index (χ1) is 8.78. The van der Waals surface area contributed by atoms with Crippen molar-refractivity contribution in [2.45, 2.75) is 77.9 Å². The van der Waals surface area contributed by atoms with E-state index >= 15 is 0 Å². The predicted molar refractivity (Wildman–Crippen MR) is 76.2 cm³/mol. The van der Waals surface area contributed by atoms with Crippen molar-refractivity contribution in [3.63, 3.8) is 0 Å². The van der Waals surface area contributed by atoms with E-state index in [0.29, 0.717) is 12.3 Å². The number of nitrogens with one attached hydrogen (secondary N) is 1. The molecule has 1 aliphatic rings. The van der Waals surface area contributed by atoms with Crippen LogP contribution in [0, 0.1) is 11.3 Å². The van der Waals surface area contributed by atoms with E-state index in [1.807, 2.05) is 0 Å². The summed E-state index contributed by atoms with van der Waals surface area (Å²) in [6.07, 6.45) is 5.85. The smallest absolute Gasteiger partial charge is 0.404 e. The molecule has 0 aromatic heterocycles. The molecule has 0 aromatic carbocycles. The quantitative estimate of drug-likeness (QED) is 0.718. The number of amides is 1. The number of hydrogen-bond donors (Lipinski definition) is 3. The average Bonchev–Trinajstić information content (AvgIpc) is 2.26. The topological polar surface area (TPSA) is 69.6 Å². The van der Waals surface area contributed by atoms with Gasteiger partial charge in [-0.25, -0.2) is 4.79 Å². The van der Waals surface area contributed by atoms with Gasteiger partial charge in [0.25, 0.3) is 0 Å². The highest BCUT2D eigenvalue weighted by atomic mass is 16.4. The first-order valence-electron chi connectivity index (χ1n) is 7.45. The highest BCUT2D eigenvalue weighted by Gasteiger charge is 2.28. The van der Waals surface area contributed by atoms with Crippen LogP contribution in [0.2, 0.25) is 0 Å². The summed E-state index contributed by atoms with van der Waals surface area (Å²) in [6.45, 7) is 6.19. The summed E-state index contributed by atoms with van der Waals surface area (Å²) in [5.41, 5.74) is 0.00438. The van der Waals surface area contributed by atoms with Crippen LogP contribution < -0.4 is 5.32 Å². The minimum absolute atomic E-state index is 0.00438. The van der Waals surface area contributed by atoms with Crippen LogP contribution in [-0.2, 0) is 0 Å². The minimum Gasteiger partial charge on any atom is -0.465 e. The van der Waals surface area contributed by atoms with Gasteiger partial charge < -0.3 is 15.5 Å². The zero-order valence-corrected chi connectivity index (χ0v) is 12.5. The molecule has 0 spiro atoms. The van der Waals surface area contributed by atoms with Crippen LogP contribution in [0.3, 0.4) is 0 Å². The zero-order valence-electron chi connectivity index (χ0n) is 12.5. The molecule has 112 valence electrons. The summed E-state index contributed by atoms with van der Waals surface area (Å²) < 4.78 is 0. The van der Waals surface area contributed by atoms with Crippen molar-refractivity contribution in [2.24, 2.45) is 11.3 Å². The number of carboxylic acid groups (broad SMARTS) is 1. The second kappa shape index (κ2) is 7.13. The Kier molecular flexibility index (Phi) is 6.11. The van der Waals surface area contributed by atoms with Gasteiger partial charge in [-0.2, -0.15) is 0 Å². The van der Waals surface area contributed by atoms with Crippen molar-refractivity contribution < 1.29 is 15.0 Å². The molecule has 4 nitrogen and oxygen atoms in total. The summed E-state index contributed by atoms with van der Waals surface area (Å²) in [6, 6.07) is -0.333. The molecular weight excluding hydrogens is 242 g/mol. The molecule has 3 N–H and O–H groups in total. The lowest BCUT2D eigenvalue weighted by Gasteiger charge is -2.32. The second-order valence-electron chi connectivity index (χ2n) is 7.13. The first kappa shape index (κ1) is 16.3. The molecule has 2 atom stereocenters.